The fourth-order valence-electron chi connectivity index (χ4n) is 2.52. The van der Waals surface area contributed by atoms with Crippen LogP contribution in [0.5, 0.6) is 0 Å². The summed E-state index contributed by atoms with van der Waals surface area (Å²) in [7, 11) is 1.65. The zero-order valence-corrected chi connectivity index (χ0v) is 15.0. The van der Waals surface area contributed by atoms with Crippen molar-refractivity contribution in [3.63, 3.8) is 0 Å². The van der Waals surface area contributed by atoms with Gasteiger partial charge in [0.25, 0.3) is 0 Å². The number of pyridine rings is 1. The molecular weight excluding hydrogens is 405 g/mol. The van der Waals surface area contributed by atoms with Crippen LogP contribution in [0.25, 0.3) is 11.4 Å². The van der Waals surface area contributed by atoms with Crippen LogP contribution < -0.4 is 0 Å². The summed E-state index contributed by atoms with van der Waals surface area (Å²) < 4.78 is 51.7. The van der Waals surface area contributed by atoms with Crippen molar-refractivity contribution >= 4 is 15.9 Å². The fraction of sp³-hybridized carbons (Fsp3) is 0.533. The summed E-state index contributed by atoms with van der Waals surface area (Å²) >= 11 is 2.88. The van der Waals surface area contributed by atoms with Gasteiger partial charge in [-0.1, -0.05) is 5.21 Å². The Bertz CT molecular complexity index is 745. The molecule has 6 nitrogen and oxygen atoms in total. The number of hydrogen-bond acceptors (Lipinski definition) is 5. The van der Waals surface area contributed by atoms with E-state index in [1.165, 1.54) is 16.8 Å². The van der Waals surface area contributed by atoms with E-state index in [4.69, 9.17) is 9.47 Å². The average Bonchev–Trinajstić information content (AvgIpc) is 2.94. The van der Waals surface area contributed by atoms with E-state index >= 15 is 0 Å². The topological polar surface area (TPSA) is 62.1 Å². The Morgan fingerprint density at radius 2 is 2.16 bits per heavy atom. The highest BCUT2D eigenvalue weighted by Gasteiger charge is 2.35. The summed E-state index contributed by atoms with van der Waals surface area (Å²) in [5, 5.41) is 7.83. The van der Waals surface area contributed by atoms with Gasteiger partial charge >= 0.3 is 6.18 Å². The van der Waals surface area contributed by atoms with Crippen molar-refractivity contribution in [1.82, 2.24) is 20.0 Å². The van der Waals surface area contributed by atoms with Crippen molar-refractivity contribution in [1.29, 1.82) is 0 Å². The first kappa shape index (κ1) is 18.3. The highest BCUT2D eigenvalue weighted by atomic mass is 79.9. The van der Waals surface area contributed by atoms with Crippen molar-refractivity contribution < 1.29 is 22.6 Å². The molecule has 1 aliphatic heterocycles. The number of alkyl halides is 3. The maximum atomic E-state index is 13.1. The largest absolute Gasteiger partial charge is 0.434 e. The summed E-state index contributed by atoms with van der Waals surface area (Å²) in [6.07, 6.45) is -2.08. The van der Waals surface area contributed by atoms with Gasteiger partial charge in [0, 0.05) is 18.1 Å². The van der Waals surface area contributed by atoms with Gasteiger partial charge < -0.3 is 9.47 Å². The van der Waals surface area contributed by atoms with Crippen LogP contribution in [0, 0.1) is 0 Å². The minimum Gasteiger partial charge on any atom is -0.353 e. The molecule has 3 rings (SSSR count). The molecule has 1 aliphatic rings. The lowest BCUT2D eigenvalue weighted by Crippen LogP contribution is -2.22. The molecule has 10 heteroatoms. The molecule has 1 fully saturated rings. The van der Waals surface area contributed by atoms with Crippen LogP contribution in [0.2, 0.25) is 0 Å². The minimum absolute atomic E-state index is 0.0896. The third kappa shape index (κ3) is 4.18. The van der Waals surface area contributed by atoms with E-state index in [-0.39, 0.29) is 28.8 Å². The van der Waals surface area contributed by atoms with Crippen LogP contribution in [0.1, 0.15) is 30.7 Å². The van der Waals surface area contributed by atoms with E-state index in [9.17, 15) is 13.2 Å². The van der Waals surface area contributed by atoms with Crippen LogP contribution in [-0.2, 0) is 29.3 Å². The van der Waals surface area contributed by atoms with Gasteiger partial charge in [-0.15, -0.1) is 5.10 Å². The van der Waals surface area contributed by atoms with Crippen molar-refractivity contribution in [2.45, 2.75) is 38.3 Å². The SMILES string of the molecule is Cn1nnc(-c2ccc(Br)c(C(F)(F)F)n2)c1COC1CCCCO1. The van der Waals surface area contributed by atoms with Gasteiger partial charge in [-0.25, -0.2) is 9.67 Å². The molecule has 0 amide bonds. The predicted octanol–water partition coefficient (Wildman–Crippen LogP) is 3.70. The molecule has 0 aliphatic carbocycles. The maximum absolute atomic E-state index is 13.1. The quantitative estimate of drug-likeness (QED) is 0.754. The zero-order valence-electron chi connectivity index (χ0n) is 13.4. The smallest absolute Gasteiger partial charge is 0.353 e. The summed E-state index contributed by atoms with van der Waals surface area (Å²) in [4.78, 5) is 3.71. The van der Waals surface area contributed by atoms with Crippen molar-refractivity contribution in [3.05, 3.63) is 28.0 Å². The van der Waals surface area contributed by atoms with Gasteiger partial charge in [0.05, 0.1) is 18.0 Å². The van der Waals surface area contributed by atoms with Crippen LogP contribution in [0.15, 0.2) is 16.6 Å². The Morgan fingerprint density at radius 3 is 2.84 bits per heavy atom. The predicted molar refractivity (Wildman–Crippen MR) is 85.3 cm³/mol. The molecule has 0 spiro atoms. The van der Waals surface area contributed by atoms with Crippen LogP contribution in [0.4, 0.5) is 13.2 Å². The molecular formula is C15H16BrF3N4O2. The van der Waals surface area contributed by atoms with Gasteiger partial charge in [-0.05, 0) is 47.3 Å². The van der Waals surface area contributed by atoms with Gasteiger partial charge in [0.1, 0.15) is 5.69 Å². The second-order valence-electron chi connectivity index (χ2n) is 5.64. The first-order valence-electron chi connectivity index (χ1n) is 7.72. The number of aromatic nitrogens is 4. The molecule has 1 saturated heterocycles. The number of ether oxygens (including phenoxy) is 2. The third-order valence-electron chi connectivity index (χ3n) is 3.84. The first-order valence-corrected chi connectivity index (χ1v) is 8.51. The lowest BCUT2D eigenvalue weighted by atomic mass is 10.2. The second-order valence-corrected chi connectivity index (χ2v) is 6.49. The van der Waals surface area contributed by atoms with E-state index in [1.807, 2.05) is 0 Å². The monoisotopic (exact) mass is 420 g/mol. The summed E-state index contributed by atoms with van der Waals surface area (Å²) in [5.74, 6) is 0. The Labute approximate surface area is 150 Å². The van der Waals surface area contributed by atoms with Crippen molar-refractivity contribution in [2.24, 2.45) is 7.05 Å². The fourth-order valence-corrected chi connectivity index (χ4v) is 2.97. The lowest BCUT2D eigenvalue weighted by Gasteiger charge is -2.22. The lowest BCUT2D eigenvalue weighted by molar-refractivity contribution is -0.169. The Balaban J connectivity index is 1.86. The van der Waals surface area contributed by atoms with Gasteiger partial charge in [-0.3, -0.25) is 0 Å². The summed E-state index contributed by atoms with van der Waals surface area (Å²) in [6.45, 7) is 0.771. The van der Waals surface area contributed by atoms with Gasteiger partial charge in [0.2, 0.25) is 0 Å². The Hall–Kier alpha value is -1.52. The number of aryl methyl sites for hydroxylation is 1. The average molecular weight is 421 g/mol. The minimum atomic E-state index is -4.57. The molecule has 0 radical (unpaired) electrons. The van der Waals surface area contributed by atoms with E-state index in [0.29, 0.717) is 12.3 Å². The standard InChI is InChI=1S/C15H16BrF3N4O2/c1-23-11(8-25-12-4-2-3-7-24-12)13(21-22-23)10-6-5-9(16)14(20-10)15(17,18)19/h5-6,12H,2-4,7-8H2,1H3. The normalized spacial score (nSPS) is 18.5. The van der Waals surface area contributed by atoms with E-state index < -0.39 is 11.9 Å². The van der Waals surface area contributed by atoms with Gasteiger partial charge in [-0.2, -0.15) is 13.2 Å². The van der Waals surface area contributed by atoms with E-state index in [2.05, 4.69) is 31.2 Å². The molecule has 2 aromatic heterocycles. The molecule has 25 heavy (non-hydrogen) atoms. The third-order valence-corrected chi connectivity index (χ3v) is 4.48. The highest BCUT2D eigenvalue weighted by Crippen LogP contribution is 2.35. The second kappa shape index (κ2) is 7.38. The molecule has 3 heterocycles. The summed E-state index contributed by atoms with van der Waals surface area (Å²) in [6, 6.07) is 2.76. The van der Waals surface area contributed by atoms with Crippen molar-refractivity contribution in [2.75, 3.05) is 6.61 Å². The molecule has 0 N–H and O–H groups in total. The Morgan fingerprint density at radius 1 is 1.36 bits per heavy atom. The number of hydrogen-bond donors (Lipinski definition) is 0. The Kier molecular flexibility index (Phi) is 5.40. The van der Waals surface area contributed by atoms with E-state index in [1.54, 1.807) is 7.05 Å². The van der Waals surface area contributed by atoms with Crippen molar-refractivity contribution in [3.8, 4) is 11.4 Å². The molecule has 2 aromatic rings. The molecule has 1 unspecified atom stereocenters. The van der Waals surface area contributed by atoms with Crippen LogP contribution in [0.3, 0.4) is 0 Å². The number of rotatable bonds is 4. The van der Waals surface area contributed by atoms with Gasteiger partial charge in [0.15, 0.2) is 12.0 Å². The first-order chi connectivity index (χ1) is 11.9. The van der Waals surface area contributed by atoms with Crippen LogP contribution in [-0.4, -0.2) is 32.9 Å². The number of nitrogens with zero attached hydrogens (tertiary/aromatic N) is 4. The molecule has 0 bridgehead atoms. The summed E-state index contributed by atoms with van der Waals surface area (Å²) in [5.41, 5.74) is -0.113. The molecule has 1 atom stereocenters. The molecule has 0 saturated carbocycles. The molecule has 0 aromatic carbocycles. The highest BCUT2D eigenvalue weighted by molar-refractivity contribution is 9.10. The number of halogens is 4. The van der Waals surface area contributed by atoms with Crippen LogP contribution >= 0.6 is 15.9 Å². The molecule has 136 valence electrons. The zero-order chi connectivity index (χ0) is 18.0. The van der Waals surface area contributed by atoms with E-state index in [0.717, 1.165) is 19.3 Å². The maximum Gasteiger partial charge on any atom is 0.434 e.